The Balaban J connectivity index is 2.05. The van der Waals surface area contributed by atoms with Crippen LogP contribution in [0.1, 0.15) is 0 Å². The molecule has 1 fully saturated rings. The molecule has 13 heavy (non-hydrogen) atoms. The van der Waals surface area contributed by atoms with Crippen molar-refractivity contribution in [1.82, 2.24) is 0 Å². The van der Waals surface area contributed by atoms with Crippen molar-refractivity contribution in [3.8, 4) is 5.75 Å². The lowest BCUT2D eigenvalue weighted by Gasteiger charge is -2.05. The van der Waals surface area contributed by atoms with E-state index in [9.17, 15) is 4.39 Å². The molecule has 0 unspecified atom stereocenters. The second-order valence-corrected chi connectivity index (χ2v) is 3.23. The maximum atomic E-state index is 13.2. The Bertz CT molecular complexity index is 312. The highest BCUT2D eigenvalue weighted by Gasteiger charge is 2.23. The first kappa shape index (κ1) is 8.78. The van der Waals surface area contributed by atoms with E-state index in [-0.39, 0.29) is 16.9 Å². The van der Waals surface area contributed by atoms with Gasteiger partial charge in [-0.25, -0.2) is 4.39 Å². The first-order valence-electron chi connectivity index (χ1n) is 3.96. The second-order valence-electron chi connectivity index (χ2n) is 2.82. The van der Waals surface area contributed by atoms with E-state index in [2.05, 4.69) is 0 Å². The molecule has 0 spiro atoms. The molecule has 1 atom stereocenters. The minimum Gasteiger partial charge on any atom is -0.488 e. The molecule has 1 saturated heterocycles. The largest absolute Gasteiger partial charge is 0.488 e. The van der Waals surface area contributed by atoms with E-state index in [0.717, 1.165) is 0 Å². The van der Waals surface area contributed by atoms with Crippen LogP contribution in [-0.4, -0.2) is 19.3 Å². The van der Waals surface area contributed by atoms with E-state index in [0.29, 0.717) is 13.2 Å². The summed E-state index contributed by atoms with van der Waals surface area (Å²) in [5.41, 5.74) is 0. The molecule has 1 aromatic rings. The zero-order chi connectivity index (χ0) is 9.26. The molecule has 1 aliphatic heterocycles. The molecule has 0 amide bonds. The average molecular weight is 203 g/mol. The third-order valence-corrected chi connectivity index (χ3v) is 2.04. The number of ether oxygens (including phenoxy) is 2. The molecule has 1 heterocycles. The van der Waals surface area contributed by atoms with Crippen molar-refractivity contribution in [3.05, 3.63) is 29.0 Å². The summed E-state index contributed by atoms with van der Waals surface area (Å²) in [4.78, 5) is 0. The number of epoxide rings is 1. The molecule has 1 aliphatic rings. The van der Waals surface area contributed by atoms with Crippen LogP contribution in [0.5, 0.6) is 5.75 Å². The predicted molar refractivity (Wildman–Crippen MR) is 46.6 cm³/mol. The Kier molecular flexibility index (Phi) is 2.38. The molecule has 0 saturated carbocycles. The summed E-state index contributed by atoms with van der Waals surface area (Å²) in [5, 5.41) is 0.0780. The Morgan fingerprint density at radius 3 is 3.08 bits per heavy atom. The highest BCUT2D eigenvalue weighted by molar-refractivity contribution is 6.30. The summed E-state index contributed by atoms with van der Waals surface area (Å²) >= 11 is 5.56. The highest BCUT2D eigenvalue weighted by atomic mass is 35.5. The van der Waals surface area contributed by atoms with Gasteiger partial charge in [0, 0.05) is 0 Å². The van der Waals surface area contributed by atoms with Crippen molar-refractivity contribution in [2.24, 2.45) is 0 Å². The Morgan fingerprint density at radius 1 is 1.62 bits per heavy atom. The minimum atomic E-state index is -0.509. The molecular weight excluding hydrogens is 195 g/mol. The van der Waals surface area contributed by atoms with Crippen LogP contribution >= 0.6 is 11.6 Å². The lowest BCUT2D eigenvalue weighted by Crippen LogP contribution is -2.05. The molecular formula is C9H8ClFO2. The van der Waals surface area contributed by atoms with Crippen molar-refractivity contribution in [3.63, 3.8) is 0 Å². The SMILES string of the molecule is Fc1c(Cl)cccc1OC[C@H]1CO1. The standard InChI is InChI=1S/C9H8ClFO2/c10-7-2-1-3-8(9(7)11)13-5-6-4-12-6/h1-3,6H,4-5H2/t6-/m1/s1. The summed E-state index contributed by atoms with van der Waals surface area (Å²) in [6.07, 6.45) is 0.124. The quantitative estimate of drug-likeness (QED) is 0.702. The summed E-state index contributed by atoms with van der Waals surface area (Å²) in [7, 11) is 0. The fraction of sp³-hybridized carbons (Fsp3) is 0.333. The Hall–Kier alpha value is -0.800. The monoisotopic (exact) mass is 202 g/mol. The maximum absolute atomic E-state index is 13.2. The minimum absolute atomic E-state index is 0.0780. The van der Waals surface area contributed by atoms with Gasteiger partial charge in [-0.3, -0.25) is 0 Å². The fourth-order valence-corrected chi connectivity index (χ4v) is 1.11. The van der Waals surface area contributed by atoms with Gasteiger partial charge in [-0.05, 0) is 12.1 Å². The fourth-order valence-electron chi connectivity index (χ4n) is 0.942. The smallest absolute Gasteiger partial charge is 0.183 e. The lowest BCUT2D eigenvalue weighted by atomic mass is 10.3. The molecule has 0 aromatic heterocycles. The summed E-state index contributed by atoms with van der Waals surface area (Å²) < 4.78 is 23.3. The van der Waals surface area contributed by atoms with Gasteiger partial charge < -0.3 is 9.47 Å². The number of rotatable bonds is 3. The van der Waals surface area contributed by atoms with Gasteiger partial charge in [0.1, 0.15) is 12.7 Å². The molecule has 0 N–H and O–H groups in total. The van der Waals surface area contributed by atoms with Gasteiger partial charge in [0.25, 0.3) is 0 Å². The van der Waals surface area contributed by atoms with E-state index in [4.69, 9.17) is 21.1 Å². The molecule has 4 heteroatoms. The van der Waals surface area contributed by atoms with Crippen LogP contribution in [0.4, 0.5) is 4.39 Å². The number of halogens is 2. The lowest BCUT2D eigenvalue weighted by molar-refractivity contribution is 0.254. The third kappa shape index (κ3) is 2.11. The van der Waals surface area contributed by atoms with Crippen LogP contribution in [0, 0.1) is 5.82 Å². The van der Waals surface area contributed by atoms with E-state index in [1.54, 1.807) is 12.1 Å². The molecule has 0 bridgehead atoms. The van der Waals surface area contributed by atoms with Crippen LogP contribution in [-0.2, 0) is 4.74 Å². The van der Waals surface area contributed by atoms with Crippen molar-refractivity contribution in [1.29, 1.82) is 0 Å². The van der Waals surface area contributed by atoms with Crippen molar-refractivity contribution >= 4 is 11.6 Å². The van der Waals surface area contributed by atoms with E-state index in [1.807, 2.05) is 0 Å². The van der Waals surface area contributed by atoms with Gasteiger partial charge in [-0.2, -0.15) is 0 Å². The van der Waals surface area contributed by atoms with E-state index < -0.39 is 5.82 Å². The number of hydrogen-bond donors (Lipinski definition) is 0. The predicted octanol–water partition coefficient (Wildman–Crippen LogP) is 2.26. The van der Waals surface area contributed by atoms with Gasteiger partial charge in [0.15, 0.2) is 11.6 Å². The second kappa shape index (κ2) is 3.52. The number of benzene rings is 1. The van der Waals surface area contributed by atoms with E-state index in [1.165, 1.54) is 6.07 Å². The topological polar surface area (TPSA) is 21.8 Å². The molecule has 2 nitrogen and oxygen atoms in total. The van der Waals surface area contributed by atoms with Crippen LogP contribution in [0.25, 0.3) is 0 Å². The van der Waals surface area contributed by atoms with Crippen molar-refractivity contribution < 1.29 is 13.9 Å². The van der Waals surface area contributed by atoms with Crippen molar-refractivity contribution in [2.75, 3.05) is 13.2 Å². The normalized spacial score (nSPS) is 20.0. The molecule has 70 valence electrons. The van der Waals surface area contributed by atoms with Crippen LogP contribution in [0.3, 0.4) is 0 Å². The van der Waals surface area contributed by atoms with Gasteiger partial charge in [-0.1, -0.05) is 17.7 Å². The molecule has 1 aromatic carbocycles. The summed E-state index contributed by atoms with van der Waals surface area (Å²) in [6, 6.07) is 4.68. The van der Waals surface area contributed by atoms with E-state index >= 15 is 0 Å². The zero-order valence-corrected chi connectivity index (χ0v) is 7.55. The van der Waals surface area contributed by atoms with Gasteiger partial charge in [0.05, 0.1) is 11.6 Å². The highest BCUT2D eigenvalue weighted by Crippen LogP contribution is 2.24. The molecule has 2 rings (SSSR count). The van der Waals surface area contributed by atoms with Gasteiger partial charge in [0.2, 0.25) is 0 Å². The van der Waals surface area contributed by atoms with Crippen molar-refractivity contribution in [2.45, 2.75) is 6.10 Å². The first-order chi connectivity index (χ1) is 6.27. The molecule has 0 radical (unpaired) electrons. The third-order valence-electron chi connectivity index (χ3n) is 1.74. The van der Waals surface area contributed by atoms with Crippen LogP contribution in [0.2, 0.25) is 5.02 Å². The van der Waals surface area contributed by atoms with Gasteiger partial charge >= 0.3 is 0 Å². The molecule has 0 aliphatic carbocycles. The number of hydrogen-bond acceptors (Lipinski definition) is 2. The maximum Gasteiger partial charge on any atom is 0.183 e. The summed E-state index contributed by atoms with van der Waals surface area (Å²) in [5.74, 6) is -0.326. The Morgan fingerprint density at radius 2 is 2.38 bits per heavy atom. The zero-order valence-electron chi connectivity index (χ0n) is 6.80. The van der Waals surface area contributed by atoms with Crippen LogP contribution in [0.15, 0.2) is 18.2 Å². The van der Waals surface area contributed by atoms with Gasteiger partial charge in [-0.15, -0.1) is 0 Å². The van der Waals surface area contributed by atoms with Crippen LogP contribution < -0.4 is 4.74 Å². The first-order valence-corrected chi connectivity index (χ1v) is 4.33. The Labute approximate surface area is 80.2 Å². The average Bonchev–Trinajstić information content (AvgIpc) is 2.91. The summed E-state index contributed by atoms with van der Waals surface area (Å²) in [6.45, 7) is 1.08.